The summed E-state index contributed by atoms with van der Waals surface area (Å²) in [6, 6.07) is 13.8. The maximum atomic E-state index is 11.8. The summed E-state index contributed by atoms with van der Waals surface area (Å²) in [5.74, 6) is 1.000. The number of nitrogens with zero attached hydrogens (tertiary/aromatic N) is 2. The second kappa shape index (κ2) is 9.62. The van der Waals surface area contributed by atoms with Crippen LogP contribution in [-0.4, -0.2) is 50.0 Å². The van der Waals surface area contributed by atoms with Crippen LogP contribution in [0.4, 0.5) is 0 Å². The molecule has 1 aromatic heterocycles. The van der Waals surface area contributed by atoms with Gasteiger partial charge in [0.15, 0.2) is 11.7 Å². The second-order valence-electron chi connectivity index (χ2n) is 6.41. The van der Waals surface area contributed by atoms with E-state index >= 15 is 0 Å². The molecule has 1 aliphatic heterocycles. The summed E-state index contributed by atoms with van der Waals surface area (Å²) in [5, 5.41) is 6.14. The van der Waals surface area contributed by atoms with Crippen molar-refractivity contribution in [3.63, 3.8) is 0 Å². The Morgan fingerprint density at radius 3 is 2.52 bits per heavy atom. The number of benzene rings is 1. The quantitative estimate of drug-likeness (QED) is 0.485. The first-order valence-electron chi connectivity index (χ1n) is 9.28. The van der Waals surface area contributed by atoms with Crippen LogP contribution < -0.4 is 10.6 Å². The molecular formula is C21H26N4O2. The van der Waals surface area contributed by atoms with Gasteiger partial charge in [-0.15, -0.1) is 0 Å². The third-order valence-corrected chi connectivity index (χ3v) is 4.53. The van der Waals surface area contributed by atoms with E-state index in [1.54, 1.807) is 19.2 Å². The van der Waals surface area contributed by atoms with Gasteiger partial charge in [0.25, 0.3) is 5.91 Å². The summed E-state index contributed by atoms with van der Waals surface area (Å²) in [6.07, 6.45) is 5.85. The van der Waals surface area contributed by atoms with Gasteiger partial charge in [-0.2, -0.15) is 0 Å². The largest absolute Gasteiger partial charge is 0.459 e. The van der Waals surface area contributed by atoms with Crippen LogP contribution in [0.2, 0.25) is 0 Å². The Hall–Kier alpha value is -3.02. The molecule has 0 unspecified atom stereocenters. The van der Waals surface area contributed by atoms with Crippen LogP contribution in [0, 0.1) is 0 Å². The number of carbonyl (C=O) groups excluding carboxylic acids is 1. The van der Waals surface area contributed by atoms with Crippen LogP contribution >= 0.6 is 0 Å². The van der Waals surface area contributed by atoms with Gasteiger partial charge in [-0.05, 0) is 30.5 Å². The predicted octanol–water partition coefficient (Wildman–Crippen LogP) is 2.76. The SMILES string of the molecule is CN=C(NCCNC(=O)c1ccco1)N1CCC(=Cc2ccccc2)CC1. The van der Waals surface area contributed by atoms with Crippen LogP contribution in [0.1, 0.15) is 29.0 Å². The Morgan fingerprint density at radius 2 is 1.85 bits per heavy atom. The molecule has 1 saturated heterocycles. The van der Waals surface area contributed by atoms with Gasteiger partial charge < -0.3 is 20.0 Å². The summed E-state index contributed by atoms with van der Waals surface area (Å²) < 4.78 is 5.07. The Morgan fingerprint density at radius 1 is 1.11 bits per heavy atom. The molecule has 1 fully saturated rings. The van der Waals surface area contributed by atoms with E-state index in [1.807, 2.05) is 6.07 Å². The summed E-state index contributed by atoms with van der Waals surface area (Å²) in [5.41, 5.74) is 2.73. The first kappa shape index (κ1) is 18.8. The smallest absolute Gasteiger partial charge is 0.287 e. The van der Waals surface area contributed by atoms with Gasteiger partial charge >= 0.3 is 0 Å². The van der Waals surface area contributed by atoms with Crippen LogP contribution in [0.15, 0.2) is 63.7 Å². The number of nitrogens with one attached hydrogen (secondary N) is 2. The number of amides is 1. The maximum absolute atomic E-state index is 11.8. The van der Waals surface area contributed by atoms with E-state index in [0.29, 0.717) is 18.8 Å². The van der Waals surface area contributed by atoms with Crippen molar-refractivity contribution in [2.75, 3.05) is 33.2 Å². The lowest BCUT2D eigenvalue weighted by atomic mass is 10.0. The predicted molar refractivity (Wildman–Crippen MR) is 108 cm³/mol. The monoisotopic (exact) mass is 366 g/mol. The number of furan rings is 1. The molecule has 0 spiro atoms. The van der Waals surface area contributed by atoms with Gasteiger partial charge in [0.05, 0.1) is 6.26 Å². The number of likely N-dealkylation sites (tertiary alicyclic amines) is 1. The molecule has 1 aromatic carbocycles. The number of aliphatic imine (C=N–C) groups is 1. The van der Waals surface area contributed by atoms with Crippen molar-refractivity contribution in [3.8, 4) is 0 Å². The molecular weight excluding hydrogens is 340 g/mol. The molecule has 2 aromatic rings. The number of hydrogen-bond acceptors (Lipinski definition) is 3. The lowest BCUT2D eigenvalue weighted by Gasteiger charge is -2.31. The molecule has 1 amide bonds. The van der Waals surface area contributed by atoms with Gasteiger partial charge in [-0.3, -0.25) is 9.79 Å². The summed E-state index contributed by atoms with van der Waals surface area (Å²) in [6.45, 7) is 3.00. The zero-order valence-electron chi connectivity index (χ0n) is 15.6. The van der Waals surface area contributed by atoms with E-state index in [2.05, 4.69) is 50.9 Å². The van der Waals surface area contributed by atoms with E-state index in [0.717, 1.165) is 31.9 Å². The fraction of sp³-hybridized carbons (Fsp3) is 0.333. The van der Waals surface area contributed by atoms with Crippen LogP contribution in [0.5, 0.6) is 0 Å². The zero-order valence-corrected chi connectivity index (χ0v) is 15.6. The highest BCUT2D eigenvalue weighted by atomic mass is 16.3. The van der Waals surface area contributed by atoms with Crippen molar-refractivity contribution in [3.05, 3.63) is 65.6 Å². The minimum atomic E-state index is -0.203. The third-order valence-electron chi connectivity index (χ3n) is 4.53. The molecule has 0 saturated carbocycles. The topological polar surface area (TPSA) is 69.9 Å². The Bertz CT molecular complexity index is 772. The molecule has 6 nitrogen and oxygen atoms in total. The van der Waals surface area contributed by atoms with E-state index in [-0.39, 0.29) is 5.91 Å². The Balaban J connectivity index is 1.41. The van der Waals surface area contributed by atoms with Crippen LogP contribution in [0.25, 0.3) is 6.08 Å². The molecule has 27 heavy (non-hydrogen) atoms. The van der Waals surface area contributed by atoms with Crippen molar-refractivity contribution >= 4 is 17.9 Å². The number of guanidine groups is 1. The average Bonchev–Trinajstić information content (AvgIpc) is 3.25. The molecule has 142 valence electrons. The Labute approximate surface area is 160 Å². The zero-order chi connectivity index (χ0) is 18.9. The van der Waals surface area contributed by atoms with Gasteiger partial charge in [-0.25, -0.2) is 0 Å². The van der Waals surface area contributed by atoms with E-state index in [4.69, 9.17) is 4.42 Å². The molecule has 2 heterocycles. The Kier molecular flexibility index (Phi) is 6.68. The highest BCUT2D eigenvalue weighted by Crippen LogP contribution is 2.19. The normalized spacial score (nSPS) is 14.8. The third kappa shape index (κ3) is 5.48. The van der Waals surface area contributed by atoms with Crippen molar-refractivity contribution in [2.24, 2.45) is 4.99 Å². The van der Waals surface area contributed by atoms with Crippen molar-refractivity contribution in [1.29, 1.82) is 0 Å². The second-order valence-corrected chi connectivity index (χ2v) is 6.41. The van der Waals surface area contributed by atoms with Crippen LogP contribution in [-0.2, 0) is 0 Å². The lowest BCUT2D eigenvalue weighted by molar-refractivity contribution is 0.0926. The first-order chi connectivity index (χ1) is 13.3. The van der Waals surface area contributed by atoms with Gasteiger partial charge in [0.2, 0.25) is 0 Å². The van der Waals surface area contributed by atoms with Gasteiger partial charge in [0, 0.05) is 33.2 Å². The first-order valence-corrected chi connectivity index (χ1v) is 9.28. The minimum Gasteiger partial charge on any atom is -0.459 e. The molecule has 0 bridgehead atoms. The van der Waals surface area contributed by atoms with Gasteiger partial charge in [-0.1, -0.05) is 42.0 Å². The lowest BCUT2D eigenvalue weighted by Crippen LogP contribution is -2.46. The molecule has 6 heteroatoms. The minimum absolute atomic E-state index is 0.203. The number of rotatable bonds is 5. The summed E-state index contributed by atoms with van der Waals surface area (Å²) in [4.78, 5) is 18.5. The number of piperidine rings is 1. The summed E-state index contributed by atoms with van der Waals surface area (Å²) in [7, 11) is 1.79. The molecule has 1 aliphatic rings. The van der Waals surface area contributed by atoms with Crippen molar-refractivity contribution in [1.82, 2.24) is 15.5 Å². The fourth-order valence-corrected chi connectivity index (χ4v) is 3.11. The molecule has 0 aliphatic carbocycles. The molecule has 2 N–H and O–H groups in total. The highest BCUT2D eigenvalue weighted by molar-refractivity contribution is 5.91. The van der Waals surface area contributed by atoms with E-state index in [1.165, 1.54) is 17.4 Å². The van der Waals surface area contributed by atoms with Crippen molar-refractivity contribution in [2.45, 2.75) is 12.8 Å². The van der Waals surface area contributed by atoms with E-state index in [9.17, 15) is 4.79 Å². The fourth-order valence-electron chi connectivity index (χ4n) is 3.11. The van der Waals surface area contributed by atoms with E-state index < -0.39 is 0 Å². The standard InChI is InChI=1S/C21H26N4O2/c1-22-21(24-12-11-23-20(26)19-8-5-15-27-19)25-13-9-18(10-14-25)16-17-6-3-2-4-7-17/h2-8,15-16H,9-14H2,1H3,(H,22,24)(H,23,26). The van der Waals surface area contributed by atoms with Crippen molar-refractivity contribution < 1.29 is 9.21 Å². The molecule has 3 rings (SSSR count). The average molecular weight is 366 g/mol. The maximum Gasteiger partial charge on any atom is 0.287 e. The molecule has 0 atom stereocenters. The van der Waals surface area contributed by atoms with Crippen LogP contribution in [0.3, 0.4) is 0 Å². The van der Waals surface area contributed by atoms with Gasteiger partial charge in [0.1, 0.15) is 0 Å². The highest BCUT2D eigenvalue weighted by Gasteiger charge is 2.17. The number of carbonyl (C=O) groups is 1. The number of hydrogen-bond donors (Lipinski definition) is 2. The summed E-state index contributed by atoms with van der Waals surface area (Å²) >= 11 is 0. The molecule has 0 radical (unpaired) electrons.